The average Bonchev–Trinajstić information content (AvgIpc) is 3.21. The van der Waals surface area contributed by atoms with Crippen LogP contribution in [-0.2, 0) is 4.79 Å². The van der Waals surface area contributed by atoms with Crippen LogP contribution in [0.3, 0.4) is 0 Å². The Kier molecular flexibility index (Phi) is 3.66. The minimum Gasteiger partial charge on any atom is -0.496 e. The van der Waals surface area contributed by atoms with Gasteiger partial charge in [0.2, 0.25) is 5.91 Å². The van der Waals surface area contributed by atoms with E-state index >= 15 is 0 Å². The van der Waals surface area contributed by atoms with Crippen molar-refractivity contribution in [2.24, 2.45) is 0 Å². The molecule has 1 saturated heterocycles. The Morgan fingerprint density at radius 3 is 2.76 bits per heavy atom. The van der Waals surface area contributed by atoms with Gasteiger partial charge in [0.05, 0.1) is 7.11 Å². The van der Waals surface area contributed by atoms with Gasteiger partial charge in [0.1, 0.15) is 17.5 Å². The fourth-order valence-corrected chi connectivity index (χ4v) is 3.37. The van der Waals surface area contributed by atoms with Crippen molar-refractivity contribution in [3.05, 3.63) is 29.8 Å². The zero-order chi connectivity index (χ0) is 15.0. The molecule has 2 fully saturated rings. The van der Waals surface area contributed by atoms with Gasteiger partial charge < -0.3 is 9.64 Å². The lowest BCUT2D eigenvalue weighted by molar-refractivity contribution is -0.132. The second-order valence-corrected chi connectivity index (χ2v) is 6.22. The van der Waals surface area contributed by atoms with E-state index in [1.165, 1.54) is 0 Å². The van der Waals surface area contributed by atoms with Crippen LogP contribution in [-0.4, -0.2) is 29.5 Å². The molecule has 1 heterocycles. The first kappa shape index (κ1) is 14.4. The van der Waals surface area contributed by atoms with E-state index in [1.54, 1.807) is 7.11 Å². The van der Waals surface area contributed by atoms with E-state index in [0.717, 1.165) is 37.0 Å². The molecule has 4 nitrogen and oxygen atoms in total. The molecule has 1 spiro atoms. The Labute approximate surface area is 126 Å². The Hall–Kier alpha value is -1.55. The summed E-state index contributed by atoms with van der Waals surface area (Å²) in [5, 5.41) is 3.57. The van der Waals surface area contributed by atoms with Crippen LogP contribution in [0, 0.1) is 0 Å². The summed E-state index contributed by atoms with van der Waals surface area (Å²) in [6, 6.07) is 8.22. The second kappa shape index (κ2) is 5.34. The number of amides is 1. The molecule has 1 aromatic rings. The highest BCUT2D eigenvalue weighted by molar-refractivity contribution is 5.92. The normalized spacial score (nSPS) is 24.4. The predicted octanol–water partition coefficient (Wildman–Crippen LogP) is 2.85. The maximum absolute atomic E-state index is 12.8. The molecule has 2 unspecified atom stereocenters. The summed E-state index contributed by atoms with van der Waals surface area (Å²) in [7, 11) is 1.68. The fourth-order valence-electron chi connectivity index (χ4n) is 3.37. The third-order valence-electron chi connectivity index (χ3n) is 4.70. The van der Waals surface area contributed by atoms with Crippen molar-refractivity contribution in [2.45, 2.75) is 57.3 Å². The van der Waals surface area contributed by atoms with Gasteiger partial charge in [-0.25, -0.2) is 0 Å². The number of hydrogen-bond acceptors (Lipinski definition) is 3. The van der Waals surface area contributed by atoms with Crippen LogP contribution < -0.4 is 10.1 Å². The molecule has 2 aliphatic rings. The van der Waals surface area contributed by atoms with Gasteiger partial charge in [0.15, 0.2) is 0 Å². The van der Waals surface area contributed by atoms with Gasteiger partial charge in [-0.2, -0.15) is 0 Å². The van der Waals surface area contributed by atoms with Gasteiger partial charge in [-0.05, 0) is 32.3 Å². The summed E-state index contributed by atoms with van der Waals surface area (Å²) in [5.41, 5.74) is 0.758. The summed E-state index contributed by atoms with van der Waals surface area (Å²) < 4.78 is 5.49. The molecule has 3 rings (SSSR count). The lowest BCUT2D eigenvalue weighted by Gasteiger charge is -2.31. The van der Waals surface area contributed by atoms with Gasteiger partial charge >= 0.3 is 0 Å². The Morgan fingerprint density at radius 2 is 2.14 bits per heavy atom. The van der Waals surface area contributed by atoms with Crippen molar-refractivity contribution < 1.29 is 9.53 Å². The highest BCUT2D eigenvalue weighted by atomic mass is 16.5. The van der Waals surface area contributed by atoms with Crippen molar-refractivity contribution in [3.8, 4) is 5.75 Å². The number of carbonyl (C=O) groups excluding carboxylic acids is 1. The summed E-state index contributed by atoms with van der Waals surface area (Å²) >= 11 is 0. The van der Waals surface area contributed by atoms with Crippen LogP contribution in [0.2, 0.25) is 0 Å². The summed E-state index contributed by atoms with van der Waals surface area (Å²) in [6.45, 7) is 4.31. The van der Waals surface area contributed by atoms with E-state index < -0.39 is 0 Å². The summed E-state index contributed by atoms with van der Waals surface area (Å²) in [5.74, 6) is 1.11. The first-order chi connectivity index (χ1) is 10.1. The quantitative estimate of drug-likeness (QED) is 0.906. The highest BCUT2D eigenvalue weighted by Gasteiger charge is 2.60. The number of para-hydroxylation sites is 1. The van der Waals surface area contributed by atoms with Crippen molar-refractivity contribution in [2.75, 3.05) is 7.11 Å². The van der Waals surface area contributed by atoms with Crippen molar-refractivity contribution in [3.63, 3.8) is 0 Å². The molecule has 1 aromatic carbocycles. The first-order valence-corrected chi connectivity index (χ1v) is 7.86. The van der Waals surface area contributed by atoms with Crippen molar-refractivity contribution in [1.29, 1.82) is 0 Å². The molecule has 21 heavy (non-hydrogen) atoms. The van der Waals surface area contributed by atoms with Crippen molar-refractivity contribution >= 4 is 5.91 Å². The average molecular weight is 288 g/mol. The second-order valence-electron chi connectivity index (χ2n) is 6.22. The number of rotatable bonds is 5. The number of nitrogens with zero attached hydrogens (tertiary/aromatic N) is 1. The fraction of sp³-hybridized carbons (Fsp3) is 0.588. The molecule has 1 saturated carbocycles. The Morgan fingerprint density at radius 1 is 1.43 bits per heavy atom. The molecule has 0 aromatic heterocycles. The number of methoxy groups -OCH3 is 1. The first-order valence-electron chi connectivity index (χ1n) is 7.86. The van der Waals surface area contributed by atoms with E-state index in [1.807, 2.05) is 23.1 Å². The highest BCUT2D eigenvalue weighted by Crippen LogP contribution is 2.48. The number of benzene rings is 1. The molecular weight excluding hydrogens is 264 g/mol. The SMILES string of the molecule is CCCC(C)N1C(=O)C2(CC2)NC1c1ccccc1OC. The Balaban J connectivity index is 1.96. The molecular formula is C17H24N2O2. The maximum Gasteiger partial charge on any atom is 0.244 e. The predicted molar refractivity (Wildman–Crippen MR) is 82.1 cm³/mol. The molecule has 2 atom stereocenters. The van der Waals surface area contributed by atoms with Crippen LogP contribution in [0.4, 0.5) is 0 Å². The lowest BCUT2D eigenvalue weighted by atomic mass is 10.1. The molecule has 0 radical (unpaired) electrons. The minimum atomic E-state index is -0.298. The molecule has 1 amide bonds. The zero-order valence-corrected chi connectivity index (χ0v) is 13.1. The van der Waals surface area contributed by atoms with Gasteiger partial charge in [0, 0.05) is 11.6 Å². The minimum absolute atomic E-state index is 0.0716. The summed E-state index contributed by atoms with van der Waals surface area (Å²) in [6.07, 6.45) is 3.93. The van der Waals surface area contributed by atoms with Crippen LogP contribution in [0.1, 0.15) is 51.3 Å². The van der Waals surface area contributed by atoms with E-state index in [9.17, 15) is 4.79 Å². The number of nitrogens with one attached hydrogen (secondary N) is 1. The monoisotopic (exact) mass is 288 g/mol. The van der Waals surface area contributed by atoms with Crippen LogP contribution >= 0.6 is 0 Å². The maximum atomic E-state index is 12.8. The standard InChI is InChI=1S/C17H24N2O2/c1-4-7-12(2)19-15(18-17(10-11-17)16(19)20)13-8-5-6-9-14(13)21-3/h5-6,8-9,12,15,18H,4,7,10-11H2,1-3H3. The van der Waals surface area contributed by atoms with Gasteiger partial charge in [0.25, 0.3) is 0 Å². The van der Waals surface area contributed by atoms with Gasteiger partial charge in [-0.15, -0.1) is 0 Å². The number of carbonyl (C=O) groups is 1. The molecule has 114 valence electrons. The third kappa shape index (κ3) is 2.31. The van der Waals surface area contributed by atoms with E-state index in [2.05, 4.69) is 25.2 Å². The molecule has 4 heteroatoms. The number of ether oxygens (including phenoxy) is 1. The Bertz CT molecular complexity index is 539. The van der Waals surface area contributed by atoms with Crippen LogP contribution in [0.25, 0.3) is 0 Å². The lowest BCUT2D eigenvalue weighted by Crippen LogP contribution is -2.38. The number of hydrogen-bond donors (Lipinski definition) is 1. The smallest absolute Gasteiger partial charge is 0.244 e. The van der Waals surface area contributed by atoms with Gasteiger partial charge in [-0.1, -0.05) is 31.5 Å². The molecule has 0 bridgehead atoms. The van der Waals surface area contributed by atoms with Crippen LogP contribution in [0.5, 0.6) is 5.75 Å². The van der Waals surface area contributed by atoms with E-state index in [4.69, 9.17) is 4.74 Å². The van der Waals surface area contributed by atoms with Gasteiger partial charge in [-0.3, -0.25) is 10.1 Å². The topological polar surface area (TPSA) is 41.6 Å². The molecule has 1 N–H and O–H groups in total. The third-order valence-corrected chi connectivity index (χ3v) is 4.70. The molecule has 1 aliphatic carbocycles. The zero-order valence-electron chi connectivity index (χ0n) is 13.1. The van der Waals surface area contributed by atoms with E-state index in [0.29, 0.717) is 0 Å². The van der Waals surface area contributed by atoms with Crippen molar-refractivity contribution in [1.82, 2.24) is 10.2 Å². The summed E-state index contributed by atoms with van der Waals surface area (Å²) in [4.78, 5) is 14.8. The largest absolute Gasteiger partial charge is 0.496 e. The van der Waals surface area contributed by atoms with Crippen LogP contribution in [0.15, 0.2) is 24.3 Å². The molecule has 1 aliphatic heterocycles. The van der Waals surface area contributed by atoms with E-state index in [-0.39, 0.29) is 23.7 Å².